The van der Waals surface area contributed by atoms with E-state index in [9.17, 15) is 4.39 Å². The lowest BCUT2D eigenvalue weighted by Gasteiger charge is -2.59. The summed E-state index contributed by atoms with van der Waals surface area (Å²) in [5, 5.41) is 0. The van der Waals surface area contributed by atoms with Crippen molar-refractivity contribution in [3.05, 3.63) is 42.0 Å². The van der Waals surface area contributed by atoms with E-state index in [1.54, 1.807) is 18.5 Å². The number of ether oxygens (including phenoxy) is 3. The van der Waals surface area contributed by atoms with E-state index in [1.807, 2.05) is 6.07 Å². The molecule has 0 aliphatic carbocycles. The lowest BCUT2D eigenvalue weighted by atomic mass is 9.82. The van der Waals surface area contributed by atoms with E-state index >= 15 is 0 Å². The predicted octanol–water partition coefficient (Wildman–Crippen LogP) is 3.17. The molecule has 0 bridgehead atoms. The van der Waals surface area contributed by atoms with E-state index in [0.717, 1.165) is 57.5 Å². The summed E-state index contributed by atoms with van der Waals surface area (Å²) < 4.78 is 37.0. The van der Waals surface area contributed by atoms with Crippen LogP contribution in [-0.2, 0) is 9.47 Å². The smallest absolute Gasteiger partial charge is 0.298 e. The monoisotopic (exact) mass is 429 g/mol. The third-order valence-corrected chi connectivity index (χ3v) is 7.19. The first-order valence-electron chi connectivity index (χ1n) is 11.3. The topological polar surface area (TPSA) is 60.2 Å². The minimum Gasteiger partial charge on any atom is -0.485 e. The highest BCUT2D eigenvalue weighted by Gasteiger charge is 2.59. The predicted molar refractivity (Wildman–Crippen MR) is 111 cm³/mol. The van der Waals surface area contributed by atoms with Crippen LogP contribution in [0.25, 0.3) is 0 Å². The zero-order valence-corrected chi connectivity index (χ0v) is 17.5. The third-order valence-electron chi connectivity index (χ3n) is 7.19. The van der Waals surface area contributed by atoms with Crippen LogP contribution in [0.15, 0.2) is 35.1 Å². The van der Waals surface area contributed by atoms with Gasteiger partial charge in [0.2, 0.25) is 0 Å². The van der Waals surface area contributed by atoms with Gasteiger partial charge in [0.25, 0.3) is 6.01 Å². The van der Waals surface area contributed by atoms with Crippen LogP contribution in [0, 0.1) is 5.82 Å². The molecule has 4 aliphatic rings. The van der Waals surface area contributed by atoms with Gasteiger partial charge >= 0.3 is 0 Å². The van der Waals surface area contributed by atoms with Gasteiger partial charge in [0.05, 0.1) is 26.0 Å². The number of anilines is 1. The molecule has 6 rings (SSSR count). The molecular formula is C23H28FN3O4. The maximum atomic E-state index is 13.9. The summed E-state index contributed by atoms with van der Waals surface area (Å²) in [6.45, 7) is 4.71. The van der Waals surface area contributed by atoms with Gasteiger partial charge in [-0.2, -0.15) is 0 Å². The van der Waals surface area contributed by atoms with E-state index in [1.165, 1.54) is 6.07 Å². The van der Waals surface area contributed by atoms with E-state index < -0.39 is 0 Å². The van der Waals surface area contributed by atoms with Crippen LogP contribution in [0.5, 0.6) is 5.75 Å². The first-order chi connectivity index (χ1) is 15.2. The highest BCUT2D eigenvalue weighted by Crippen LogP contribution is 2.46. The fraction of sp³-hybridized carbons (Fsp3) is 0.609. The Kier molecular flexibility index (Phi) is 4.89. The van der Waals surface area contributed by atoms with Crippen LogP contribution in [0.2, 0.25) is 0 Å². The highest BCUT2D eigenvalue weighted by molar-refractivity contribution is 5.40. The maximum absolute atomic E-state index is 13.9. The molecule has 2 unspecified atom stereocenters. The van der Waals surface area contributed by atoms with Crippen molar-refractivity contribution < 1.29 is 23.0 Å². The Balaban J connectivity index is 1.18. The van der Waals surface area contributed by atoms with Gasteiger partial charge in [-0.3, -0.25) is 4.90 Å². The Morgan fingerprint density at radius 2 is 2.06 bits per heavy atom. The van der Waals surface area contributed by atoms with Gasteiger partial charge < -0.3 is 23.5 Å². The molecule has 4 aliphatic heterocycles. The number of likely N-dealkylation sites (tertiary alicyclic amines) is 1. The highest BCUT2D eigenvalue weighted by atomic mass is 19.1. The average Bonchev–Trinajstić information content (AvgIpc) is 3.43. The number of halogens is 1. The molecule has 5 heterocycles. The quantitative estimate of drug-likeness (QED) is 0.724. The first kappa shape index (κ1) is 19.5. The van der Waals surface area contributed by atoms with Crippen molar-refractivity contribution in [3.8, 4) is 5.75 Å². The van der Waals surface area contributed by atoms with Crippen LogP contribution in [0.3, 0.4) is 0 Å². The summed E-state index contributed by atoms with van der Waals surface area (Å²) in [6, 6.07) is 5.64. The molecule has 1 aromatic heterocycles. The second kappa shape index (κ2) is 7.76. The zero-order chi connectivity index (χ0) is 20.8. The molecule has 166 valence electrons. The summed E-state index contributed by atoms with van der Waals surface area (Å²) in [7, 11) is 0. The molecule has 8 heteroatoms. The van der Waals surface area contributed by atoms with Crippen LogP contribution in [-0.4, -0.2) is 67.2 Å². The van der Waals surface area contributed by atoms with Crippen LogP contribution < -0.4 is 9.64 Å². The molecular weight excluding hydrogens is 401 g/mol. The van der Waals surface area contributed by atoms with Gasteiger partial charge in [-0.15, -0.1) is 0 Å². The van der Waals surface area contributed by atoms with Crippen molar-refractivity contribution in [2.75, 3.05) is 44.4 Å². The molecule has 4 fully saturated rings. The second-order valence-electron chi connectivity index (χ2n) is 9.10. The maximum Gasteiger partial charge on any atom is 0.298 e. The summed E-state index contributed by atoms with van der Waals surface area (Å²) in [4.78, 5) is 9.12. The Morgan fingerprint density at radius 3 is 2.74 bits per heavy atom. The molecule has 0 radical (unpaired) electrons. The fourth-order valence-electron chi connectivity index (χ4n) is 5.60. The Labute approximate surface area is 181 Å². The number of hydrogen-bond acceptors (Lipinski definition) is 7. The molecule has 4 saturated heterocycles. The van der Waals surface area contributed by atoms with Gasteiger partial charge in [-0.1, -0.05) is 6.07 Å². The number of rotatable bonds is 5. The van der Waals surface area contributed by atoms with Crippen molar-refractivity contribution in [1.82, 2.24) is 9.88 Å². The fourth-order valence-corrected chi connectivity index (χ4v) is 5.60. The Bertz CT molecular complexity index is 906. The first-order valence-corrected chi connectivity index (χ1v) is 11.3. The summed E-state index contributed by atoms with van der Waals surface area (Å²) in [5.74, 6) is 0.767. The van der Waals surface area contributed by atoms with E-state index in [4.69, 9.17) is 18.6 Å². The Morgan fingerprint density at radius 1 is 1.19 bits per heavy atom. The van der Waals surface area contributed by atoms with Crippen LogP contribution in [0.4, 0.5) is 10.4 Å². The Hall–Kier alpha value is -2.16. The van der Waals surface area contributed by atoms with Crippen molar-refractivity contribution in [3.63, 3.8) is 0 Å². The van der Waals surface area contributed by atoms with E-state index in [-0.39, 0.29) is 23.7 Å². The summed E-state index contributed by atoms with van der Waals surface area (Å²) in [6.07, 6.45) is 7.69. The van der Waals surface area contributed by atoms with Crippen molar-refractivity contribution >= 4 is 6.01 Å². The largest absolute Gasteiger partial charge is 0.485 e. The van der Waals surface area contributed by atoms with Crippen molar-refractivity contribution in [2.45, 2.75) is 49.5 Å². The van der Waals surface area contributed by atoms with Gasteiger partial charge in [-0.25, -0.2) is 9.37 Å². The van der Waals surface area contributed by atoms with Crippen LogP contribution >= 0.6 is 0 Å². The number of piperidine rings is 1. The summed E-state index contributed by atoms with van der Waals surface area (Å²) in [5.41, 5.74) is 0.994. The second-order valence-corrected chi connectivity index (χ2v) is 9.10. The number of hydrogen-bond donors (Lipinski definition) is 0. The minimum absolute atomic E-state index is 0.0318. The number of aromatic nitrogens is 1. The minimum atomic E-state index is -0.257. The number of nitrogens with zero attached hydrogens (tertiary/aromatic N) is 3. The molecule has 1 spiro atoms. The molecule has 7 nitrogen and oxygen atoms in total. The van der Waals surface area contributed by atoms with E-state index in [2.05, 4.69) is 14.8 Å². The molecule has 0 N–H and O–H groups in total. The number of oxazole rings is 1. The number of benzene rings is 1. The molecule has 0 amide bonds. The molecule has 2 atom stereocenters. The third kappa shape index (κ3) is 3.41. The zero-order valence-electron chi connectivity index (χ0n) is 17.5. The van der Waals surface area contributed by atoms with Crippen molar-refractivity contribution in [2.24, 2.45) is 0 Å². The van der Waals surface area contributed by atoms with Crippen molar-refractivity contribution in [1.29, 1.82) is 0 Å². The lowest BCUT2D eigenvalue weighted by molar-refractivity contribution is -0.115. The SMILES string of the molecule is Fc1ccc(C2CCN(C3N(c4ncco4)CC34CCCO4)CC2)c(OC2COC2)c1. The average molecular weight is 429 g/mol. The molecule has 31 heavy (non-hydrogen) atoms. The van der Waals surface area contributed by atoms with E-state index in [0.29, 0.717) is 30.9 Å². The lowest BCUT2D eigenvalue weighted by Crippen LogP contribution is -2.76. The van der Waals surface area contributed by atoms with Gasteiger partial charge in [0.15, 0.2) is 0 Å². The molecule has 0 saturated carbocycles. The van der Waals surface area contributed by atoms with Crippen LogP contribution in [0.1, 0.15) is 37.2 Å². The molecule has 1 aromatic carbocycles. The van der Waals surface area contributed by atoms with Gasteiger partial charge in [0, 0.05) is 25.8 Å². The van der Waals surface area contributed by atoms with Gasteiger partial charge in [0.1, 0.15) is 35.7 Å². The normalized spacial score (nSPS) is 29.8. The summed E-state index contributed by atoms with van der Waals surface area (Å²) >= 11 is 0. The molecule has 2 aromatic rings. The van der Waals surface area contributed by atoms with Gasteiger partial charge in [-0.05, 0) is 43.2 Å². The standard InChI is InChI=1S/C23H28FN3O4/c24-17-2-3-19(20(12-17)31-18-13-28-14-18)16-4-8-26(9-5-16)21-23(6-1-10-30-23)15-27(21)22-25-7-11-29-22/h2-3,7,11-12,16,18,21H,1,4-6,8-10,13-15H2.